The number of methoxy groups -OCH3 is 1. The lowest BCUT2D eigenvalue weighted by molar-refractivity contribution is 0.0942. The van der Waals surface area contributed by atoms with Gasteiger partial charge in [-0.1, -0.05) is 12.1 Å². The number of ether oxygens (including phenoxy) is 1. The second-order valence-electron chi connectivity index (χ2n) is 6.60. The SMILES string of the molecule is COc1cccc(CNC(=O)c2nc(N3CCCCS3(=O)=O)n(C)c(=O)c2O)c1. The van der Waals surface area contributed by atoms with Crippen LogP contribution in [-0.4, -0.2) is 48.4 Å². The van der Waals surface area contributed by atoms with Gasteiger partial charge in [0.1, 0.15) is 5.75 Å². The number of carbonyl (C=O) groups is 1. The predicted octanol–water partition coefficient (Wildman–Crippen LogP) is 0.354. The van der Waals surface area contributed by atoms with Crippen molar-refractivity contribution in [3.05, 3.63) is 45.9 Å². The summed E-state index contributed by atoms with van der Waals surface area (Å²) in [5.74, 6) is -1.28. The Morgan fingerprint density at radius 3 is 2.79 bits per heavy atom. The zero-order valence-corrected chi connectivity index (χ0v) is 16.9. The van der Waals surface area contributed by atoms with Gasteiger partial charge in [-0.05, 0) is 30.5 Å². The Labute approximate surface area is 167 Å². The van der Waals surface area contributed by atoms with Gasteiger partial charge in [-0.3, -0.25) is 14.2 Å². The van der Waals surface area contributed by atoms with Crippen LogP contribution < -0.4 is 19.9 Å². The molecule has 29 heavy (non-hydrogen) atoms. The molecule has 1 aliphatic heterocycles. The van der Waals surface area contributed by atoms with Gasteiger partial charge in [-0.25, -0.2) is 17.7 Å². The first kappa shape index (κ1) is 20.6. The normalized spacial score (nSPS) is 15.7. The van der Waals surface area contributed by atoms with Crippen LogP contribution in [0.2, 0.25) is 0 Å². The van der Waals surface area contributed by atoms with Crippen molar-refractivity contribution < 1.29 is 23.1 Å². The van der Waals surface area contributed by atoms with E-state index in [0.717, 1.165) is 14.4 Å². The number of aromatic hydroxyl groups is 1. The fraction of sp³-hybridized carbons (Fsp3) is 0.389. The molecule has 1 fully saturated rings. The van der Waals surface area contributed by atoms with Crippen LogP contribution in [0.3, 0.4) is 0 Å². The van der Waals surface area contributed by atoms with Crippen LogP contribution >= 0.6 is 0 Å². The molecule has 3 rings (SSSR count). The zero-order valence-electron chi connectivity index (χ0n) is 16.1. The van der Waals surface area contributed by atoms with Crippen LogP contribution in [0.25, 0.3) is 0 Å². The summed E-state index contributed by atoms with van der Waals surface area (Å²) in [6.07, 6.45) is 1.12. The predicted molar refractivity (Wildman–Crippen MR) is 106 cm³/mol. The molecule has 2 aromatic rings. The summed E-state index contributed by atoms with van der Waals surface area (Å²) in [5, 5.41) is 12.7. The van der Waals surface area contributed by atoms with Crippen molar-refractivity contribution in [2.75, 3.05) is 23.7 Å². The topological polar surface area (TPSA) is 131 Å². The molecule has 2 N–H and O–H groups in total. The molecule has 0 saturated carbocycles. The Kier molecular flexibility index (Phi) is 5.78. The minimum atomic E-state index is -3.65. The van der Waals surface area contributed by atoms with Gasteiger partial charge in [-0.15, -0.1) is 0 Å². The minimum Gasteiger partial charge on any atom is -0.501 e. The largest absolute Gasteiger partial charge is 0.501 e. The highest BCUT2D eigenvalue weighted by Gasteiger charge is 2.31. The molecule has 1 saturated heterocycles. The molecular weight excluding hydrogens is 400 g/mol. The van der Waals surface area contributed by atoms with Gasteiger partial charge >= 0.3 is 0 Å². The highest BCUT2D eigenvalue weighted by Crippen LogP contribution is 2.22. The first-order valence-corrected chi connectivity index (χ1v) is 10.6. The van der Waals surface area contributed by atoms with E-state index in [0.29, 0.717) is 18.6 Å². The Hall–Kier alpha value is -3.08. The van der Waals surface area contributed by atoms with Gasteiger partial charge in [0.05, 0.1) is 12.9 Å². The maximum atomic E-state index is 12.6. The summed E-state index contributed by atoms with van der Waals surface area (Å²) in [7, 11) is -0.829. The maximum Gasteiger partial charge on any atom is 0.297 e. The molecule has 0 spiro atoms. The smallest absolute Gasteiger partial charge is 0.297 e. The zero-order chi connectivity index (χ0) is 21.2. The third-order valence-electron chi connectivity index (χ3n) is 4.62. The number of hydrogen-bond donors (Lipinski definition) is 2. The Bertz CT molecular complexity index is 1100. The molecule has 0 atom stereocenters. The Morgan fingerprint density at radius 1 is 1.34 bits per heavy atom. The fourth-order valence-electron chi connectivity index (χ4n) is 3.02. The van der Waals surface area contributed by atoms with Gasteiger partial charge < -0.3 is 15.2 Å². The number of anilines is 1. The van der Waals surface area contributed by atoms with E-state index in [1.807, 2.05) is 0 Å². The molecule has 10 nitrogen and oxygen atoms in total. The molecule has 0 aliphatic carbocycles. The fourth-order valence-corrected chi connectivity index (χ4v) is 4.63. The summed E-state index contributed by atoms with van der Waals surface area (Å²) in [6.45, 7) is 0.252. The Morgan fingerprint density at radius 2 is 2.10 bits per heavy atom. The first-order valence-electron chi connectivity index (χ1n) is 8.96. The average Bonchev–Trinajstić information content (AvgIpc) is 2.71. The minimum absolute atomic E-state index is 0.0683. The number of carbonyl (C=O) groups excluding carboxylic acids is 1. The number of rotatable bonds is 5. The number of sulfonamides is 1. The number of nitrogens with zero attached hydrogens (tertiary/aromatic N) is 3. The van der Waals surface area contributed by atoms with Gasteiger partial charge in [0.15, 0.2) is 5.69 Å². The highest BCUT2D eigenvalue weighted by molar-refractivity contribution is 7.92. The van der Waals surface area contributed by atoms with Gasteiger partial charge in [0, 0.05) is 20.1 Å². The second kappa shape index (κ2) is 8.11. The number of aromatic nitrogens is 2. The van der Waals surface area contributed by atoms with Crippen molar-refractivity contribution in [3.63, 3.8) is 0 Å². The molecule has 0 unspecified atom stereocenters. The molecule has 0 bridgehead atoms. The van der Waals surface area contributed by atoms with Crippen molar-refractivity contribution in [1.29, 1.82) is 0 Å². The first-order chi connectivity index (χ1) is 13.7. The molecule has 1 amide bonds. The van der Waals surface area contributed by atoms with E-state index in [2.05, 4.69) is 10.3 Å². The van der Waals surface area contributed by atoms with Crippen molar-refractivity contribution in [2.24, 2.45) is 7.05 Å². The van der Waals surface area contributed by atoms with Crippen molar-refractivity contribution in [1.82, 2.24) is 14.9 Å². The lowest BCUT2D eigenvalue weighted by atomic mass is 10.2. The molecule has 11 heteroatoms. The quantitative estimate of drug-likeness (QED) is 0.711. The number of hydrogen-bond acceptors (Lipinski definition) is 7. The number of nitrogens with one attached hydrogen (secondary N) is 1. The van der Waals surface area contributed by atoms with Crippen molar-refractivity contribution in [2.45, 2.75) is 19.4 Å². The lowest BCUT2D eigenvalue weighted by Crippen LogP contribution is -2.42. The summed E-state index contributed by atoms with van der Waals surface area (Å²) in [5.41, 5.74) is -0.686. The van der Waals surface area contributed by atoms with E-state index in [9.17, 15) is 23.1 Å². The third-order valence-corrected chi connectivity index (χ3v) is 6.44. The van der Waals surface area contributed by atoms with Crippen LogP contribution in [0.5, 0.6) is 11.5 Å². The molecular formula is C18H22N4O6S. The summed E-state index contributed by atoms with van der Waals surface area (Å²) >= 11 is 0. The lowest BCUT2D eigenvalue weighted by Gasteiger charge is -2.28. The van der Waals surface area contributed by atoms with E-state index in [-0.39, 0.29) is 24.8 Å². The molecule has 2 heterocycles. The van der Waals surface area contributed by atoms with Crippen LogP contribution in [0, 0.1) is 0 Å². The third kappa shape index (κ3) is 4.19. The van der Waals surface area contributed by atoms with Gasteiger partial charge in [0.25, 0.3) is 11.5 Å². The number of benzene rings is 1. The molecule has 156 valence electrons. The molecule has 1 aliphatic rings. The maximum absolute atomic E-state index is 12.6. The standard InChI is InChI=1S/C18H22N4O6S/c1-21-17(25)15(23)14(20-18(21)22-8-3-4-9-29(22,26)27)16(24)19-11-12-6-5-7-13(10-12)28-2/h5-7,10,23H,3-4,8-9,11H2,1-2H3,(H,19,24). The molecule has 1 aromatic carbocycles. The van der Waals surface area contributed by atoms with Gasteiger partial charge in [-0.2, -0.15) is 0 Å². The summed E-state index contributed by atoms with van der Waals surface area (Å²) in [4.78, 5) is 29.0. The summed E-state index contributed by atoms with van der Waals surface area (Å²) < 4.78 is 31.8. The van der Waals surface area contributed by atoms with Crippen molar-refractivity contribution in [3.8, 4) is 11.5 Å². The molecule has 1 aromatic heterocycles. The van der Waals surface area contributed by atoms with E-state index in [1.165, 1.54) is 14.2 Å². The number of amides is 1. The van der Waals surface area contributed by atoms with Crippen molar-refractivity contribution >= 4 is 21.9 Å². The molecule has 0 radical (unpaired) electrons. The Balaban J connectivity index is 1.91. The van der Waals surface area contributed by atoms with E-state index in [1.54, 1.807) is 24.3 Å². The summed E-state index contributed by atoms with van der Waals surface area (Å²) in [6, 6.07) is 7.01. The van der Waals surface area contributed by atoms with E-state index in [4.69, 9.17) is 4.74 Å². The van der Waals surface area contributed by atoms with Crippen LogP contribution in [-0.2, 0) is 23.6 Å². The van der Waals surface area contributed by atoms with Crippen LogP contribution in [0.15, 0.2) is 29.1 Å². The average molecular weight is 422 g/mol. The second-order valence-corrected chi connectivity index (χ2v) is 8.62. The monoisotopic (exact) mass is 422 g/mol. The van der Waals surface area contributed by atoms with E-state index >= 15 is 0 Å². The van der Waals surface area contributed by atoms with E-state index < -0.39 is 32.9 Å². The van der Waals surface area contributed by atoms with Crippen LogP contribution in [0.4, 0.5) is 5.95 Å². The van der Waals surface area contributed by atoms with Gasteiger partial charge in [0.2, 0.25) is 21.7 Å². The van der Waals surface area contributed by atoms with Crippen LogP contribution in [0.1, 0.15) is 28.9 Å². The highest BCUT2D eigenvalue weighted by atomic mass is 32.2.